The van der Waals surface area contributed by atoms with Crippen molar-refractivity contribution in [1.29, 1.82) is 0 Å². The van der Waals surface area contributed by atoms with Crippen molar-refractivity contribution in [2.75, 3.05) is 18.9 Å². The molecular weight excluding hydrogens is 419 g/mol. The van der Waals surface area contributed by atoms with Crippen molar-refractivity contribution in [2.24, 2.45) is 0 Å². The molecule has 0 unspecified atom stereocenters. The zero-order chi connectivity index (χ0) is 21.2. The van der Waals surface area contributed by atoms with Gasteiger partial charge in [0.15, 0.2) is 6.61 Å². The average molecular weight is 439 g/mol. The van der Waals surface area contributed by atoms with Crippen LogP contribution in [0, 0.1) is 5.82 Å². The molecule has 0 aliphatic carbocycles. The van der Waals surface area contributed by atoms with Gasteiger partial charge in [-0.3, -0.25) is 14.6 Å². The Balaban J connectivity index is 1.70. The maximum absolute atomic E-state index is 13.3. The second kappa shape index (κ2) is 11.4. The van der Waals surface area contributed by atoms with Crippen LogP contribution in [0.4, 0.5) is 4.39 Å². The van der Waals surface area contributed by atoms with Gasteiger partial charge < -0.3 is 15.4 Å². The van der Waals surface area contributed by atoms with Crippen LogP contribution in [0.25, 0.3) is 0 Å². The van der Waals surface area contributed by atoms with Gasteiger partial charge in [-0.15, -0.1) is 11.8 Å². The molecule has 2 N–H and O–H groups in total. The Bertz CT molecular complexity index is 898. The number of halogens is 2. The largest absolute Gasteiger partial charge is 0.484 e. The maximum atomic E-state index is 13.3. The number of carbonyl (C=O) groups excluding carboxylic acids is 2. The Kier molecular flexibility index (Phi) is 8.88. The van der Waals surface area contributed by atoms with E-state index in [9.17, 15) is 14.0 Å². The van der Waals surface area contributed by atoms with Gasteiger partial charge in [-0.05, 0) is 17.9 Å². The van der Waals surface area contributed by atoms with Crippen molar-refractivity contribution in [3.63, 3.8) is 0 Å². The molecule has 1 aromatic heterocycles. The molecule has 2 aromatic rings. The molecule has 1 aromatic carbocycles. The minimum absolute atomic E-state index is 0.0287. The predicted octanol–water partition coefficient (Wildman–Crippen LogP) is 3.21. The lowest BCUT2D eigenvalue weighted by atomic mass is 10.3. The number of benzene rings is 1. The Morgan fingerprint density at radius 2 is 2.14 bits per heavy atom. The Morgan fingerprint density at radius 1 is 1.34 bits per heavy atom. The monoisotopic (exact) mass is 438 g/mol. The van der Waals surface area contributed by atoms with Crippen molar-refractivity contribution >= 4 is 35.2 Å². The van der Waals surface area contributed by atoms with E-state index in [1.54, 1.807) is 6.20 Å². The van der Waals surface area contributed by atoms with E-state index in [4.69, 9.17) is 16.3 Å². The van der Waals surface area contributed by atoms with Gasteiger partial charge in [0, 0.05) is 24.7 Å². The summed E-state index contributed by atoms with van der Waals surface area (Å²) >= 11 is 7.08. The first-order chi connectivity index (χ1) is 13.9. The molecule has 29 heavy (non-hydrogen) atoms. The summed E-state index contributed by atoms with van der Waals surface area (Å²) in [7, 11) is 0. The highest BCUT2D eigenvalue weighted by Crippen LogP contribution is 2.20. The summed E-state index contributed by atoms with van der Waals surface area (Å²) in [6.07, 6.45) is 3.31. The molecule has 10 heteroatoms. The van der Waals surface area contributed by atoms with Crippen LogP contribution in [-0.2, 0) is 4.79 Å². The molecule has 0 aliphatic heterocycles. The van der Waals surface area contributed by atoms with Gasteiger partial charge in [0.2, 0.25) is 0 Å². The molecule has 0 saturated carbocycles. The summed E-state index contributed by atoms with van der Waals surface area (Å²) in [5.41, 5.74) is 0.629. The second-order valence-corrected chi connectivity index (χ2v) is 7.39. The number of nitrogens with zero attached hydrogens (tertiary/aromatic N) is 2. The number of amides is 2. The molecular formula is C19H20ClFN4O3S. The third kappa shape index (κ3) is 7.71. The molecule has 0 spiro atoms. The molecule has 0 bridgehead atoms. The summed E-state index contributed by atoms with van der Waals surface area (Å²) in [6, 6.07) is 3.89. The van der Waals surface area contributed by atoms with Gasteiger partial charge in [0.1, 0.15) is 22.3 Å². The van der Waals surface area contributed by atoms with Gasteiger partial charge in [-0.25, -0.2) is 9.37 Å². The number of hydrogen-bond acceptors (Lipinski definition) is 6. The molecule has 7 nitrogen and oxygen atoms in total. The zero-order valence-corrected chi connectivity index (χ0v) is 17.3. The standard InChI is InChI=1S/C19H20ClFN4O3S/c1-3-29-18-10-22-9-16(25-18)19(27)23-7-6-12(2)24-17(26)11-28-13-4-5-14(20)15(21)8-13/h4-5,8-10H,2-3,6-7,11H2,1H3,(H,23,27)(H,24,26). The van der Waals surface area contributed by atoms with E-state index in [-0.39, 0.29) is 35.5 Å². The summed E-state index contributed by atoms with van der Waals surface area (Å²) < 4.78 is 18.5. The first-order valence-electron chi connectivity index (χ1n) is 8.67. The highest BCUT2D eigenvalue weighted by molar-refractivity contribution is 7.99. The molecule has 0 saturated heterocycles. The van der Waals surface area contributed by atoms with Crippen molar-refractivity contribution < 1.29 is 18.7 Å². The number of ether oxygens (including phenoxy) is 1. The van der Waals surface area contributed by atoms with Crippen LogP contribution in [-0.4, -0.2) is 40.7 Å². The zero-order valence-electron chi connectivity index (χ0n) is 15.7. The summed E-state index contributed by atoms with van der Waals surface area (Å²) in [6.45, 7) is 5.66. The Hall–Kier alpha value is -2.65. The summed E-state index contributed by atoms with van der Waals surface area (Å²) in [5, 5.41) is 5.90. The first-order valence-corrected chi connectivity index (χ1v) is 10.0. The second-order valence-electron chi connectivity index (χ2n) is 5.70. The number of aromatic nitrogens is 2. The van der Waals surface area contributed by atoms with Crippen LogP contribution < -0.4 is 15.4 Å². The first kappa shape index (κ1) is 22.6. The topological polar surface area (TPSA) is 93.2 Å². The van der Waals surface area contributed by atoms with E-state index < -0.39 is 11.7 Å². The highest BCUT2D eigenvalue weighted by Gasteiger charge is 2.10. The minimum atomic E-state index is -0.631. The molecule has 2 amide bonds. The van der Waals surface area contributed by atoms with Gasteiger partial charge in [0.25, 0.3) is 11.8 Å². The fourth-order valence-electron chi connectivity index (χ4n) is 2.10. The highest BCUT2D eigenvalue weighted by atomic mass is 35.5. The lowest BCUT2D eigenvalue weighted by Gasteiger charge is -2.10. The molecule has 0 aliphatic rings. The third-order valence-corrected chi connectivity index (χ3v) is 4.51. The molecule has 0 fully saturated rings. The smallest absolute Gasteiger partial charge is 0.271 e. The van der Waals surface area contributed by atoms with Crippen LogP contribution in [0.15, 0.2) is 47.9 Å². The lowest BCUT2D eigenvalue weighted by molar-refractivity contribution is -0.122. The fraction of sp³-hybridized carbons (Fsp3) is 0.263. The van der Waals surface area contributed by atoms with Gasteiger partial charge in [0.05, 0.1) is 17.4 Å². The van der Waals surface area contributed by atoms with E-state index in [1.165, 1.54) is 30.1 Å². The Labute approximate surface area is 177 Å². The number of thioether (sulfide) groups is 1. The number of nitrogens with one attached hydrogen (secondary N) is 2. The summed E-state index contributed by atoms with van der Waals surface area (Å²) in [5.74, 6) is -0.427. The molecule has 154 valence electrons. The van der Waals surface area contributed by atoms with Crippen LogP contribution in [0.2, 0.25) is 5.02 Å². The van der Waals surface area contributed by atoms with E-state index in [0.29, 0.717) is 17.1 Å². The average Bonchev–Trinajstić information content (AvgIpc) is 2.69. The van der Waals surface area contributed by atoms with Crippen molar-refractivity contribution in [1.82, 2.24) is 20.6 Å². The normalized spacial score (nSPS) is 10.3. The number of carbonyl (C=O) groups is 2. The molecule has 1 heterocycles. The van der Waals surface area contributed by atoms with Gasteiger partial charge in [-0.2, -0.15) is 0 Å². The SMILES string of the molecule is C=C(CCNC(=O)c1cncc(SCC)n1)NC(=O)COc1ccc(Cl)c(F)c1. The van der Waals surface area contributed by atoms with E-state index in [0.717, 1.165) is 11.8 Å². The van der Waals surface area contributed by atoms with Crippen LogP contribution in [0.1, 0.15) is 23.8 Å². The maximum Gasteiger partial charge on any atom is 0.271 e. The van der Waals surface area contributed by atoms with Crippen molar-refractivity contribution in [2.45, 2.75) is 18.4 Å². The third-order valence-electron chi connectivity index (χ3n) is 3.43. The van der Waals surface area contributed by atoms with E-state index in [1.807, 2.05) is 6.92 Å². The van der Waals surface area contributed by atoms with Crippen LogP contribution >= 0.6 is 23.4 Å². The van der Waals surface area contributed by atoms with E-state index >= 15 is 0 Å². The van der Waals surface area contributed by atoms with Crippen LogP contribution in [0.3, 0.4) is 0 Å². The number of rotatable bonds is 10. The molecule has 0 atom stereocenters. The summed E-state index contributed by atoms with van der Waals surface area (Å²) in [4.78, 5) is 32.2. The lowest BCUT2D eigenvalue weighted by Crippen LogP contribution is -2.31. The number of hydrogen-bond donors (Lipinski definition) is 2. The van der Waals surface area contributed by atoms with Crippen molar-refractivity contribution in [3.05, 3.63) is 59.4 Å². The molecule has 0 radical (unpaired) electrons. The van der Waals surface area contributed by atoms with Gasteiger partial charge >= 0.3 is 0 Å². The van der Waals surface area contributed by atoms with Crippen LogP contribution in [0.5, 0.6) is 5.75 Å². The van der Waals surface area contributed by atoms with E-state index in [2.05, 4.69) is 27.2 Å². The van der Waals surface area contributed by atoms with Gasteiger partial charge in [-0.1, -0.05) is 25.1 Å². The minimum Gasteiger partial charge on any atom is -0.484 e. The fourth-order valence-corrected chi connectivity index (χ4v) is 2.82. The van der Waals surface area contributed by atoms with Crippen molar-refractivity contribution in [3.8, 4) is 5.75 Å². The molecule has 2 rings (SSSR count). The Morgan fingerprint density at radius 3 is 2.86 bits per heavy atom. The predicted molar refractivity (Wildman–Crippen MR) is 110 cm³/mol. The quantitative estimate of drug-likeness (QED) is 0.553.